The molecule has 1 aromatic heterocycles. The average molecular weight is 216 g/mol. The monoisotopic (exact) mass is 216 g/mol. The normalized spacial score (nSPS) is 12.9. The first-order valence-corrected chi connectivity index (χ1v) is 5.70. The van der Waals surface area contributed by atoms with Crippen molar-refractivity contribution in [1.82, 2.24) is 9.78 Å². The van der Waals surface area contributed by atoms with E-state index in [0.717, 1.165) is 23.6 Å². The molecule has 2 rings (SSSR count). The Balaban J connectivity index is 2.57. The van der Waals surface area contributed by atoms with Crippen molar-refractivity contribution in [2.75, 3.05) is 0 Å². The Morgan fingerprint density at radius 2 is 2.12 bits per heavy atom. The highest BCUT2D eigenvalue weighted by molar-refractivity contribution is 5.80. The van der Waals surface area contributed by atoms with Crippen LogP contribution in [0.5, 0.6) is 0 Å². The minimum atomic E-state index is 0.0130. The van der Waals surface area contributed by atoms with E-state index in [1.165, 1.54) is 0 Å². The predicted octanol–water partition coefficient (Wildman–Crippen LogP) is 2.76. The number of hydrogen-bond acceptors (Lipinski definition) is 2. The van der Waals surface area contributed by atoms with Gasteiger partial charge in [-0.15, -0.1) is 0 Å². The molecule has 0 amide bonds. The summed E-state index contributed by atoms with van der Waals surface area (Å²) in [4.78, 5) is 12.1. The van der Waals surface area contributed by atoms with Crippen molar-refractivity contribution in [3.8, 4) is 0 Å². The lowest BCUT2D eigenvalue weighted by molar-refractivity contribution is 0.437. The molecule has 2 aromatic rings. The number of nitrogens with zero attached hydrogens (tertiary/aromatic N) is 2. The molecule has 16 heavy (non-hydrogen) atoms. The van der Waals surface area contributed by atoms with E-state index in [-0.39, 0.29) is 11.6 Å². The summed E-state index contributed by atoms with van der Waals surface area (Å²) in [5.41, 5.74) is 0.0130. The average Bonchev–Trinajstić information content (AvgIpc) is 2.30. The molecule has 1 aromatic carbocycles. The highest BCUT2D eigenvalue weighted by atomic mass is 16.1. The lowest BCUT2D eigenvalue weighted by Crippen LogP contribution is -2.25. The summed E-state index contributed by atoms with van der Waals surface area (Å²) in [5.74, 6) is 0. The molecule has 0 fully saturated rings. The highest BCUT2D eigenvalue weighted by Crippen LogP contribution is 2.12. The summed E-state index contributed by atoms with van der Waals surface area (Å²) < 4.78 is 1.59. The van der Waals surface area contributed by atoms with Crippen molar-refractivity contribution < 1.29 is 0 Å². The number of aromatic nitrogens is 2. The highest BCUT2D eigenvalue weighted by Gasteiger charge is 2.08. The standard InChI is InChI=1S/C13H16N2O/c1-3-6-10(2)15-13(16)12-8-5-4-7-11(12)9-14-15/h4-5,7-10H,3,6H2,1-2H3. The Hall–Kier alpha value is -1.64. The van der Waals surface area contributed by atoms with Crippen LogP contribution in [0.4, 0.5) is 0 Å². The molecule has 1 atom stereocenters. The van der Waals surface area contributed by atoms with Gasteiger partial charge in [0, 0.05) is 5.39 Å². The lowest BCUT2D eigenvalue weighted by atomic mass is 10.2. The van der Waals surface area contributed by atoms with Gasteiger partial charge in [0.25, 0.3) is 5.56 Å². The quantitative estimate of drug-likeness (QED) is 0.790. The van der Waals surface area contributed by atoms with E-state index in [1.54, 1.807) is 10.9 Å². The zero-order valence-corrected chi connectivity index (χ0v) is 9.68. The molecule has 0 aliphatic carbocycles. The number of rotatable bonds is 3. The van der Waals surface area contributed by atoms with Crippen LogP contribution in [-0.2, 0) is 0 Å². The Kier molecular flexibility index (Phi) is 3.04. The van der Waals surface area contributed by atoms with Crippen LogP contribution in [-0.4, -0.2) is 9.78 Å². The second-order valence-electron chi connectivity index (χ2n) is 4.12. The fourth-order valence-electron chi connectivity index (χ4n) is 1.96. The first kappa shape index (κ1) is 10.9. The third kappa shape index (κ3) is 1.85. The molecule has 0 N–H and O–H groups in total. The van der Waals surface area contributed by atoms with Crippen LogP contribution in [0.15, 0.2) is 35.3 Å². The van der Waals surface area contributed by atoms with E-state index in [2.05, 4.69) is 12.0 Å². The van der Waals surface area contributed by atoms with E-state index in [9.17, 15) is 4.79 Å². The second kappa shape index (κ2) is 4.47. The van der Waals surface area contributed by atoms with Crippen molar-refractivity contribution in [3.63, 3.8) is 0 Å². The molecule has 0 spiro atoms. The summed E-state index contributed by atoms with van der Waals surface area (Å²) in [6.45, 7) is 4.15. The van der Waals surface area contributed by atoms with Crippen LogP contribution < -0.4 is 5.56 Å². The Bertz CT molecular complexity index is 545. The fourth-order valence-corrected chi connectivity index (χ4v) is 1.96. The molecule has 0 aliphatic rings. The van der Waals surface area contributed by atoms with Crippen molar-refractivity contribution >= 4 is 10.8 Å². The molecule has 1 heterocycles. The smallest absolute Gasteiger partial charge is 0.267 e. The molecule has 0 saturated carbocycles. The van der Waals surface area contributed by atoms with E-state index in [4.69, 9.17) is 0 Å². The van der Waals surface area contributed by atoms with Gasteiger partial charge < -0.3 is 0 Å². The number of hydrogen-bond donors (Lipinski definition) is 0. The number of benzene rings is 1. The van der Waals surface area contributed by atoms with Crippen LogP contribution in [0.2, 0.25) is 0 Å². The van der Waals surface area contributed by atoms with Crippen LogP contribution in [0.25, 0.3) is 10.8 Å². The zero-order chi connectivity index (χ0) is 11.5. The van der Waals surface area contributed by atoms with Crippen molar-refractivity contribution in [2.45, 2.75) is 32.7 Å². The Morgan fingerprint density at radius 1 is 1.38 bits per heavy atom. The zero-order valence-electron chi connectivity index (χ0n) is 9.68. The summed E-state index contributed by atoms with van der Waals surface area (Å²) >= 11 is 0. The van der Waals surface area contributed by atoms with Gasteiger partial charge >= 0.3 is 0 Å². The molecule has 0 aliphatic heterocycles. The van der Waals surface area contributed by atoms with Crippen molar-refractivity contribution in [2.24, 2.45) is 0 Å². The third-order valence-electron chi connectivity index (χ3n) is 2.84. The molecular formula is C13H16N2O. The summed E-state index contributed by atoms with van der Waals surface area (Å²) in [6.07, 6.45) is 3.80. The van der Waals surface area contributed by atoms with E-state index in [1.807, 2.05) is 31.2 Å². The van der Waals surface area contributed by atoms with E-state index in [0.29, 0.717) is 0 Å². The van der Waals surface area contributed by atoms with E-state index < -0.39 is 0 Å². The molecule has 3 nitrogen and oxygen atoms in total. The fraction of sp³-hybridized carbons (Fsp3) is 0.385. The molecular weight excluding hydrogens is 200 g/mol. The molecule has 0 saturated heterocycles. The minimum Gasteiger partial charge on any atom is -0.267 e. The first-order valence-electron chi connectivity index (χ1n) is 5.70. The maximum absolute atomic E-state index is 12.1. The van der Waals surface area contributed by atoms with Crippen LogP contribution in [0, 0.1) is 0 Å². The minimum absolute atomic E-state index is 0.0130. The van der Waals surface area contributed by atoms with Crippen LogP contribution >= 0.6 is 0 Å². The van der Waals surface area contributed by atoms with Gasteiger partial charge in [-0.1, -0.05) is 31.5 Å². The van der Waals surface area contributed by atoms with Crippen molar-refractivity contribution in [3.05, 3.63) is 40.8 Å². The van der Waals surface area contributed by atoms with Gasteiger partial charge in [0.2, 0.25) is 0 Å². The van der Waals surface area contributed by atoms with Gasteiger partial charge in [-0.05, 0) is 19.4 Å². The molecule has 84 valence electrons. The molecule has 0 bridgehead atoms. The van der Waals surface area contributed by atoms with Crippen molar-refractivity contribution in [1.29, 1.82) is 0 Å². The molecule has 3 heteroatoms. The predicted molar refractivity (Wildman–Crippen MR) is 65.6 cm³/mol. The third-order valence-corrected chi connectivity index (χ3v) is 2.84. The first-order chi connectivity index (χ1) is 7.74. The topological polar surface area (TPSA) is 34.9 Å². The summed E-state index contributed by atoms with van der Waals surface area (Å²) in [5, 5.41) is 5.89. The summed E-state index contributed by atoms with van der Waals surface area (Å²) in [7, 11) is 0. The largest absolute Gasteiger partial charge is 0.274 e. The van der Waals surface area contributed by atoms with Gasteiger partial charge in [0.05, 0.1) is 17.6 Å². The summed E-state index contributed by atoms with van der Waals surface area (Å²) in [6, 6.07) is 7.75. The van der Waals surface area contributed by atoms with Gasteiger partial charge in [0.1, 0.15) is 0 Å². The molecule has 0 radical (unpaired) electrons. The van der Waals surface area contributed by atoms with Crippen LogP contribution in [0.3, 0.4) is 0 Å². The second-order valence-corrected chi connectivity index (χ2v) is 4.12. The van der Waals surface area contributed by atoms with Gasteiger partial charge in [-0.3, -0.25) is 4.79 Å². The maximum atomic E-state index is 12.1. The van der Waals surface area contributed by atoms with Gasteiger partial charge in [-0.2, -0.15) is 5.10 Å². The Morgan fingerprint density at radius 3 is 2.88 bits per heavy atom. The van der Waals surface area contributed by atoms with E-state index >= 15 is 0 Å². The Labute approximate surface area is 94.7 Å². The van der Waals surface area contributed by atoms with Crippen LogP contribution in [0.1, 0.15) is 32.7 Å². The van der Waals surface area contributed by atoms with Gasteiger partial charge in [-0.25, -0.2) is 4.68 Å². The number of fused-ring (bicyclic) bond motifs is 1. The maximum Gasteiger partial charge on any atom is 0.274 e. The molecule has 1 unspecified atom stereocenters. The lowest BCUT2D eigenvalue weighted by Gasteiger charge is -2.12. The van der Waals surface area contributed by atoms with Gasteiger partial charge in [0.15, 0.2) is 0 Å². The SMILES string of the molecule is CCCC(C)n1ncc2ccccc2c1=O.